The number of nitro benzene ring substituents is 1. The van der Waals surface area contributed by atoms with E-state index in [1.54, 1.807) is 23.1 Å². The highest BCUT2D eigenvalue weighted by Crippen LogP contribution is 2.30. The predicted molar refractivity (Wildman–Crippen MR) is 91.4 cm³/mol. The van der Waals surface area contributed by atoms with Crippen molar-refractivity contribution in [3.8, 4) is 0 Å². The monoisotopic (exact) mass is 329 g/mol. The number of hydrogen-bond donors (Lipinski definition) is 3. The third-order valence-corrected chi connectivity index (χ3v) is 4.01. The number of thiol groups is 1. The van der Waals surface area contributed by atoms with Crippen LogP contribution in [0, 0.1) is 10.1 Å². The average molecular weight is 329 g/mol. The van der Waals surface area contributed by atoms with Crippen LogP contribution in [-0.2, 0) is 0 Å². The van der Waals surface area contributed by atoms with Gasteiger partial charge in [0.2, 0.25) is 0 Å². The molecule has 2 atom stereocenters. The molecule has 2 aromatic rings. The van der Waals surface area contributed by atoms with Crippen LogP contribution in [0.25, 0.3) is 0 Å². The molecule has 0 fully saturated rings. The van der Waals surface area contributed by atoms with E-state index < -0.39 is 10.4 Å². The maximum Gasteiger partial charge on any atom is 0.269 e. The molecule has 118 valence electrons. The van der Waals surface area contributed by atoms with Gasteiger partial charge in [0.25, 0.3) is 5.69 Å². The molecule has 1 aliphatic heterocycles. The molecule has 2 aromatic carbocycles. The Morgan fingerprint density at radius 3 is 2.35 bits per heavy atom. The molecule has 2 N–H and O–H groups in total. The highest BCUT2D eigenvalue weighted by molar-refractivity contribution is 7.81. The minimum atomic E-state index is -0.466. The fraction of sp³-hybridized carbons (Fsp3) is 0.125. The van der Waals surface area contributed by atoms with E-state index in [0.717, 1.165) is 5.56 Å². The van der Waals surface area contributed by atoms with E-state index in [9.17, 15) is 15.2 Å². The fourth-order valence-corrected chi connectivity index (χ4v) is 2.91. The van der Waals surface area contributed by atoms with Crippen LogP contribution < -0.4 is 10.2 Å². The van der Waals surface area contributed by atoms with E-state index in [-0.39, 0.29) is 17.6 Å². The van der Waals surface area contributed by atoms with Crippen LogP contribution >= 0.6 is 12.6 Å². The molecular formula is C16H15N3O3S. The van der Waals surface area contributed by atoms with E-state index in [1.165, 1.54) is 12.1 Å². The molecule has 3 rings (SSSR count). The Morgan fingerprint density at radius 2 is 1.78 bits per heavy atom. The van der Waals surface area contributed by atoms with Crippen molar-refractivity contribution in [3.63, 3.8) is 0 Å². The van der Waals surface area contributed by atoms with Crippen molar-refractivity contribution in [1.29, 1.82) is 0 Å². The first-order valence-electron chi connectivity index (χ1n) is 7.00. The molecular weight excluding hydrogens is 314 g/mol. The van der Waals surface area contributed by atoms with Crippen molar-refractivity contribution < 1.29 is 10.0 Å². The van der Waals surface area contributed by atoms with Gasteiger partial charge < -0.3 is 5.11 Å². The number of nitrogens with one attached hydrogen (secondary N) is 1. The highest BCUT2D eigenvalue weighted by atomic mass is 32.1. The quantitative estimate of drug-likeness (QED) is 0.457. The Balaban J connectivity index is 1.88. The Labute approximate surface area is 138 Å². The van der Waals surface area contributed by atoms with Gasteiger partial charge in [-0.3, -0.25) is 20.3 Å². The zero-order chi connectivity index (χ0) is 16.4. The second-order valence-electron chi connectivity index (χ2n) is 5.10. The summed E-state index contributed by atoms with van der Waals surface area (Å²) in [5.74, 6) is 0.0476. The lowest BCUT2D eigenvalue weighted by Gasteiger charge is -2.36. The minimum Gasteiger partial charge on any atom is -0.495 e. The maximum atomic E-state index is 10.7. The summed E-state index contributed by atoms with van der Waals surface area (Å²) in [5.41, 5.74) is 1.16. The van der Waals surface area contributed by atoms with Crippen LogP contribution in [0.3, 0.4) is 0 Å². The summed E-state index contributed by atoms with van der Waals surface area (Å²) in [7, 11) is 0. The van der Waals surface area contributed by atoms with Crippen molar-refractivity contribution in [1.82, 2.24) is 5.32 Å². The lowest BCUT2D eigenvalue weighted by atomic mass is 10.1. The van der Waals surface area contributed by atoms with Crippen LogP contribution in [0.2, 0.25) is 0 Å². The number of nitrogens with zero attached hydrogens (tertiary/aromatic N) is 2. The molecule has 23 heavy (non-hydrogen) atoms. The maximum absolute atomic E-state index is 10.7. The van der Waals surface area contributed by atoms with Crippen LogP contribution in [0.4, 0.5) is 11.4 Å². The van der Waals surface area contributed by atoms with Crippen LogP contribution in [0.15, 0.2) is 66.6 Å². The predicted octanol–water partition coefficient (Wildman–Crippen LogP) is 3.36. The number of aliphatic hydroxyl groups excluding tert-OH is 1. The standard InChI is InChI=1S/C16H15N3O3S/c20-15-10-14(11-4-2-1-3-5-11)17-16(23)18(15)12-6-8-13(9-7-12)19(21)22/h1-10,14,16-17,20,23H. The normalized spacial score (nSPS) is 20.9. The topological polar surface area (TPSA) is 78.6 Å². The van der Waals surface area contributed by atoms with Crippen LogP contribution in [0.1, 0.15) is 11.6 Å². The molecule has 0 bridgehead atoms. The number of rotatable bonds is 3. The molecule has 0 saturated heterocycles. The summed E-state index contributed by atoms with van der Waals surface area (Å²) in [6.45, 7) is 0. The Morgan fingerprint density at radius 1 is 1.13 bits per heavy atom. The van der Waals surface area contributed by atoms with Crippen molar-refractivity contribution in [2.24, 2.45) is 0 Å². The molecule has 0 amide bonds. The van der Waals surface area contributed by atoms with Gasteiger partial charge in [0.05, 0.1) is 11.0 Å². The van der Waals surface area contributed by atoms with Gasteiger partial charge in [0.15, 0.2) is 5.88 Å². The molecule has 1 aliphatic rings. The molecule has 6 nitrogen and oxygen atoms in total. The van der Waals surface area contributed by atoms with E-state index in [0.29, 0.717) is 5.69 Å². The number of aliphatic hydroxyl groups is 1. The lowest BCUT2D eigenvalue weighted by Crippen LogP contribution is -2.46. The van der Waals surface area contributed by atoms with Gasteiger partial charge in [-0.25, -0.2) is 0 Å². The minimum absolute atomic E-state index is 0.0000596. The molecule has 7 heteroatoms. The van der Waals surface area contributed by atoms with Gasteiger partial charge >= 0.3 is 0 Å². The SMILES string of the molecule is O=[N+]([O-])c1ccc(N2C(O)=CC(c3ccccc3)NC2S)cc1. The molecule has 0 saturated carbocycles. The van der Waals surface area contributed by atoms with E-state index >= 15 is 0 Å². The van der Waals surface area contributed by atoms with Crippen molar-refractivity contribution >= 4 is 24.0 Å². The van der Waals surface area contributed by atoms with Gasteiger partial charge in [-0.15, -0.1) is 12.6 Å². The van der Waals surface area contributed by atoms with E-state index in [4.69, 9.17) is 0 Å². The first-order valence-corrected chi connectivity index (χ1v) is 7.51. The molecule has 0 spiro atoms. The summed E-state index contributed by atoms with van der Waals surface area (Å²) >= 11 is 4.48. The molecule has 1 heterocycles. The first kappa shape index (κ1) is 15.4. The molecule has 0 radical (unpaired) electrons. The van der Waals surface area contributed by atoms with E-state index in [1.807, 2.05) is 30.3 Å². The Hall–Kier alpha value is -2.51. The first-order chi connectivity index (χ1) is 11.1. The average Bonchev–Trinajstić information content (AvgIpc) is 2.55. The largest absolute Gasteiger partial charge is 0.495 e. The van der Waals surface area contributed by atoms with E-state index in [2.05, 4.69) is 17.9 Å². The number of nitro groups is 1. The third-order valence-electron chi connectivity index (χ3n) is 3.63. The number of anilines is 1. The third kappa shape index (κ3) is 3.15. The molecule has 0 aliphatic carbocycles. The van der Waals surface area contributed by atoms with Crippen molar-refractivity contribution in [2.45, 2.75) is 11.5 Å². The van der Waals surface area contributed by atoms with Gasteiger partial charge in [-0.05, 0) is 23.8 Å². The van der Waals surface area contributed by atoms with Crippen LogP contribution in [0.5, 0.6) is 0 Å². The number of benzene rings is 2. The summed E-state index contributed by atoms with van der Waals surface area (Å²) in [6, 6.07) is 15.5. The van der Waals surface area contributed by atoms with Crippen molar-refractivity contribution in [3.05, 3.63) is 82.2 Å². The zero-order valence-corrected chi connectivity index (χ0v) is 12.9. The van der Waals surface area contributed by atoms with Gasteiger partial charge in [0, 0.05) is 17.8 Å². The van der Waals surface area contributed by atoms with Gasteiger partial charge in [-0.2, -0.15) is 0 Å². The van der Waals surface area contributed by atoms with Gasteiger partial charge in [0.1, 0.15) is 5.50 Å². The summed E-state index contributed by atoms with van der Waals surface area (Å²) in [6.07, 6.45) is 1.68. The summed E-state index contributed by atoms with van der Waals surface area (Å²) in [4.78, 5) is 11.8. The fourth-order valence-electron chi connectivity index (χ4n) is 2.50. The lowest BCUT2D eigenvalue weighted by molar-refractivity contribution is -0.384. The second-order valence-corrected chi connectivity index (χ2v) is 5.59. The number of hydrogen-bond acceptors (Lipinski definition) is 6. The zero-order valence-electron chi connectivity index (χ0n) is 12.0. The summed E-state index contributed by atoms with van der Waals surface area (Å²) in [5, 5.41) is 24.4. The highest BCUT2D eigenvalue weighted by Gasteiger charge is 2.28. The Kier molecular flexibility index (Phi) is 4.22. The Bertz CT molecular complexity index is 734. The van der Waals surface area contributed by atoms with Gasteiger partial charge in [-0.1, -0.05) is 30.3 Å². The molecule has 0 aromatic heterocycles. The number of non-ortho nitro benzene ring substituents is 1. The second kappa shape index (κ2) is 6.31. The van der Waals surface area contributed by atoms with Crippen LogP contribution in [-0.4, -0.2) is 15.5 Å². The molecule has 2 unspecified atom stereocenters. The smallest absolute Gasteiger partial charge is 0.269 e. The van der Waals surface area contributed by atoms with Crippen molar-refractivity contribution in [2.75, 3.05) is 4.90 Å². The summed E-state index contributed by atoms with van der Waals surface area (Å²) < 4.78 is 0.